The van der Waals surface area contributed by atoms with Gasteiger partial charge in [-0.1, -0.05) is 72.8 Å². The maximum Gasteiger partial charge on any atom is 0.252 e. The predicted octanol–water partition coefficient (Wildman–Crippen LogP) is 4.75. The lowest BCUT2D eigenvalue weighted by molar-refractivity contribution is 0.0944. The second-order valence-electron chi connectivity index (χ2n) is 6.10. The van der Waals surface area contributed by atoms with Crippen molar-refractivity contribution in [3.63, 3.8) is 0 Å². The minimum atomic E-state index is -0.302. The lowest BCUT2D eigenvalue weighted by Gasteiger charge is -2.19. The van der Waals surface area contributed by atoms with Crippen LogP contribution >= 0.6 is 0 Å². The Morgan fingerprint density at radius 2 is 1.50 bits per heavy atom. The third-order valence-electron chi connectivity index (χ3n) is 4.43. The second kappa shape index (κ2) is 7.19. The van der Waals surface area contributed by atoms with Crippen LogP contribution in [0.4, 0.5) is 0 Å². The Kier molecular flexibility index (Phi) is 4.44. The number of rotatable bonds is 4. The summed E-state index contributed by atoms with van der Waals surface area (Å²) in [6, 6.07) is 29.0. The average molecular weight is 338 g/mol. The van der Waals surface area contributed by atoms with Crippen LogP contribution in [0.5, 0.6) is 0 Å². The van der Waals surface area contributed by atoms with Crippen LogP contribution in [0.1, 0.15) is 27.7 Å². The van der Waals surface area contributed by atoms with Crippen molar-refractivity contribution < 1.29 is 4.79 Å². The molecule has 4 rings (SSSR count). The molecule has 1 aromatic heterocycles. The van der Waals surface area contributed by atoms with E-state index in [1.807, 2.05) is 91.0 Å². The molecule has 0 saturated heterocycles. The molecule has 1 atom stereocenters. The number of carbonyl (C=O) groups is 1. The molecule has 0 saturated carbocycles. The molecular weight excluding hydrogens is 320 g/mol. The first-order chi connectivity index (χ1) is 12.8. The summed E-state index contributed by atoms with van der Waals surface area (Å²) in [6.45, 7) is 0. The van der Waals surface area contributed by atoms with Gasteiger partial charge in [-0.05, 0) is 34.5 Å². The highest BCUT2D eigenvalue weighted by Crippen LogP contribution is 2.23. The Morgan fingerprint density at radius 1 is 0.769 bits per heavy atom. The van der Waals surface area contributed by atoms with Gasteiger partial charge in [-0.3, -0.25) is 9.78 Å². The number of pyridine rings is 1. The van der Waals surface area contributed by atoms with Crippen molar-refractivity contribution in [2.45, 2.75) is 6.04 Å². The van der Waals surface area contributed by atoms with Gasteiger partial charge in [0.15, 0.2) is 0 Å². The first kappa shape index (κ1) is 16.0. The lowest BCUT2D eigenvalue weighted by atomic mass is 10.0. The summed E-state index contributed by atoms with van der Waals surface area (Å²) in [5, 5.41) is 5.15. The molecule has 1 unspecified atom stereocenters. The zero-order chi connectivity index (χ0) is 17.8. The monoisotopic (exact) mass is 338 g/mol. The molecule has 3 heteroatoms. The Bertz CT molecular complexity index is 985. The fourth-order valence-electron chi connectivity index (χ4n) is 3.15. The van der Waals surface area contributed by atoms with Crippen LogP contribution in [0.15, 0.2) is 97.2 Å². The summed E-state index contributed by atoms with van der Waals surface area (Å²) in [5.41, 5.74) is 2.48. The minimum absolute atomic E-state index is 0.110. The van der Waals surface area contributed by atoms with Gasteiger partial charge in [0.1, 0.15) is 0 Å². The summed E-state index contributed by atoms with van der Waals surface area (Å²) in [7, 11) is 0. The van der Waals surface area contributed by atoms with Crippen LogP contribution in [0, 0.1) is 0 Å². The number of hydrogen-bond donors (Lipinski definition) is 1. The van der Waals surface area contributed by atoms with Gasteiger partial charge in [0, 0.05) is 11.8 Å². The van der Waals surface area contributed by atoms with E-state index in [0.717, 1.165) is 22.0 Å². The van der Waals surface area contributed by atoms with Crippen molar-refractivity contribution >= 4 is 16.7 Å². The zero-order valence-electron chi connectivity index (χ0n) is 14.2. The number of amides is 1. The van der Waals surface area contributed by atoms with Crippen LogP contribution in [-0.2, 0) is 0 Å². The van der Waals surface area contributed by atoms with Crippen LogP contribution < -0.4 is 5.32 Å². The van der Waals surface area contributed by atoms with E-state index >= 15 is 0 Å². The Morgan fingerprint density at radius 3 is 2.31 bits per heavy atom. The maximum absolute atomic E-state index is 13.1. The number of hydrogen-bond acceptors (Lipinski definition) is 2. The van der Waals surface area contributed by atoms with E-state index in [-0.39, 0.29) is 11.9 Å². The van der Waals surface area contributed by atoms with Crippen molar-refractivity contribution in [3.05, 3.63) is 114 Å². The number of nitrogens with zero attached hydrogens (tertiary/aromatic N) is 1. The molecule has 3 aromatic carbocycles. The van der Waals surface area contributed by atoms with Gasteiger partial charge in [-0.15, -0.1) is 0 Å². The van der Waals surface area contributed by atoms with Crippen molar-refractivity contribution in [2.75, 3.05) is 0 Å². The lowest BCUT2D eigenvalue weighted by Crippen LogP contribution is -2.30. The summed E-state index contributed by atoms with van der Waals surface area (Å²) < 4.78 is 0. The number of aromatic nitrogens is 1. The van der Waals surface area contributed by atoms with Crippen LogP contribution in [0.25, 0.3) is 10.8 Å². The molecule has 0 aliphatic rings. The van der Waals surface area contributed by atoms with E-state index in [4.69, 9.17) is 0 Å². The fraction of sp³-hybridized carbons (Fsp3) is 0.0435. The van der Waals surface area contributed by atoms with Crippen LogP contribution in [0.2, 0.25) is 0 Å². The van der Waals surface area contributed by atoms with E-state index in [2.05, 4.69) is 10.3 Å². The van der Waals surface area contributed by atoms with Gasteiger partial charge in [-0.25, -0.2) is 0 Å². The van der Waals surface area contributed by atoms with Gasteiger partial charge in [0.25, 0.3) is 5.91 Å². The molecule has 26 heavy (non-hydrogen) atoms. The first-order valence-electron chi connectivity index (χ1n) is 8.57. The molecule has 0 spiro atoms. The molecule has 0 fully saturated rings. The Labute approximate surface area is 152 Å². The predicted molar refractivity (Wildman–Crippen MR) is 104 cm³/mol. The molecule has 0 bridgehead atoms. The van der Waals surface area contributed by atoms with Crippen LogP contribution in [0.3, 0.4) is 0 Å². The highest BCUT2D eigenvalue weighted by molar-refractivity contribution is 6.07. The standard InChI is InChI=1S/C23H18N2O/c26-23(20-14-8-12-17-9-4-5-13-19(17)20)25-22(18-10-2-1-3-11-18)21-15-6-7-16-24-21/h1-16,22H,(H,25,26). The van der Waals surface area contributed by atoms with Gasteiger partial charge < -0.3 is 5.32 Å². The molecule has 1 heterocycles. The highest BCUT2D eigenvalue weighted by Gasteiger charge is 2.19. The quantitative estimate of drug-likeness (QED) is 0.583. The molecule has 0 aliphatic heterocycles. The van der Waals surface area contributed by atoms with E-state index in [1.54, 1.807) is 6.20 Å². The Balaban J connectivity index is 1.73. The van der Waals surface area contributed by atoms with Crippen molar-refractivity contribution in [1.29, 1.82) is 0 Å². The number of carbonyl (C=O) groups excluding carboxylic acids is 1. The van der Waals surface area contributed by atoms with E-state index in [1.165, 1.54) is 0 Å². The van der Waals surface area contributed by atoms with Crippen molar-refractivity contribution in [3.8, 4) is 0 Å². The summed E-state index contributed by atoms with van der Waals surface area (Å²) >= 11 is 0. The molecule has 0 aliphatic carbocycles. The first-order valence-corrected chi connectivity index (χ1v) is 8.57. The zero-order valence-corrected chi connectivity index (χ0v) is 14.2. The highest BCUT2D eigenvalue weighted by atomic mass is 16.1. The van der Waals surface area contributed by atoms with E-state index < -0.39 is 0 Å². The van der Waals surface area contributed by atoms with Crippen molar-refractivity contribution in [1.82, 2.24) is 10.3 Å². The number of fused-ring (bicyclic) bond motifs is 1. The fourth-order valence-corrected chi connectivity index (χ4v) is 3.15. The van der Waals surface area contributed by atoms with Crippen LogP contribution in [-0.4, -0.2) is 10.9 Å². The van der Waals surface area contributed by atoms with E-state index in [0.29, 0.717) is 5.56 Å². The van der Waals surface area contributed by atoms with Crippen molar-refractivity contribution in [2.24, 2.45) is 0 Å². The van der Waals surface area contributed by atoms with E-state index in [9.17, 15) is 4.79 Å². The Hall–Kier alpha value is -3.46. The smallest absolute Gasteiger partial charge is 0.252 e. The summed E-state index contributed by atoms with van der Waals surface area (Å²) in [6.07, 6.45) is 1.75. The normalized spacial score (nSPS) is 11.8. The molecule has 3 nitrogen and oxygen atoms in total. The third-order valence-corrected chi connectivity index (χ3v) is 4.43. The van der Waals surface area contributed by atoms with Gasteiger partial charge in [0.2, 0.25) is 0 Å². The largest absolute Gasteiger partial charge is 0.340 e. The van der Waals surface area contributed by atoms with Gasteiger partial charge in [0.05, 0.1) is 11.7 Å². The molecule has 1 N–H and O–H groups in total. The van der Waals surface area contributed by atoms with Gasteiger partial charge >= 0.3 is 0 Å². The summed E-state index contributed by atoms with van der Waals surface area (Å²) in [5.74, 6) is -0.110. The third kappa shape index (κ3) is 3.20. The molecule has 0 radical (unpaired) electrons. The summed E-state index contributed by atoms with van der Waals surface area (Å²) in [4.78, 5) is 17.5. The number of nitrogens with one attached hydrogen (secondary N) is 1. The SMILES string of the molecule is O=C(NC(c1ccccc1)c1ccccn1)c1cccc2ccccc12. The molecular formula is C23H18N2O. The topological polar surface area (TPSA) is 42.0 Å². The molecule has 126 valence electrons. The molecule has 4 aromatic rings. The minimum Gasteiger partial charge on any atom is -0.340 e. The maximum atomic E-state index is 13.1. The number of benzene rings is 3. The second-order valence-corrected chi connectivity index (χ2v) is 6.10. The molecule has 1 amide bonds. The average Bonchev–Trinajstić information content (AvgIpc) is 2.72. The van der Waals surface area contributed by atoms with Gasteiger partial charge in [-0.2, -0.15) is 0 Å².